The largest absolute Gasteiger partial charge is 0.308 e. The van der Waals surface area contributed by atoms with Gasteiger partial charge < -0.3 is 4.57 Å². The van der Waals surface area contributed by atoms with Crippen LogP contribution in [0.2, 0.25) is 0 Å². The molecule has 5 nitrogen and oxygen atoms in total. The van der Waals surface area contributed by atoms with Crippen molar-refractivity contribution in [2.24, 2.45) is 0 Å². The van der Waals surface area contributed by atoms with Crippen molar-refractivity contribution in [2.75, 3.05) is 0 Å². The second-order valence-electron chi connectivity index (χ2n) is 12.6. The van der Waals surface area contributed by atoms with Gasteiger partial charge in [-0.15, -0.1) is 0 Å². The summed E-state index contributed by atoms with van der Waals surface area (Å²) in [6, 6.07) is 32.6. The van der Waals surface area contributed by atoms with Crippen LogP contribution in [0.4, 0.5) is 0 Å². The predicted molar refractivity (Wildman–Crippen MR) is 191 cm³/mol. The fourth-order valence-corrected chi connectivity index (χ4v) is 7.40. The third kappa shape index (κ3) is 5.03. The van der Waals surface area contributed by atoms with Gasteiger partial charge in [0.05, 0.1) is 22.3 Å². The van der Waals surface area contributed by atoms with E-state index < -0.39 is 0 Å². The normalized spacial score (nSPS) is 11.1. The number of hydrogen-bond donors (Lipinski definition) is 0. The van der Waals surface area contributed by atoms with Gasteiger partial charge in [-0.05, 0) is 128 Å². The van der Waals surface area contributed by atoms with E-state index in [0.29, 0.717) is 5.56 Å². The van der Waals surface area contributed by atoms with Gasteiger partial charge in [-0.25, -0.2) is 9.97 Å². The Morgan fingerprint density at radius 3 is 1.43 bits per heavy atom. The summed E-state index contributed by atoms with van der Waals surface area (Å²) in [6.07, 6.45) is 3.24. The molecule has 0 atom stereocenters. The van der Waals surface area contributed by atoms with Crippen LogP contribution in [0, 0.1) is 64.2 Å². The molecule has 2 heterocycles. The van der Waals surface area contributed by atoms with Gasteiger partial charge in [-0.3, -0.25) is 0 Å². The molecule has 0 aliphatic carbocycles. The van der Waals surface area contributed by atoms with Gasteiger partial charge in [-0.2, -0.15) is 10.5 Å². The van der Waals surface area contributed by atoms with E-state index in [4.69, 9.17) is 5.26 Å². The Hall–Kier alpha value is -6.04. The first-order valence-electron chi connectivity index (χ1n) is 15.7. The molecular weight excluding hydrogens is 574 g/mol. The highest BCUT2D eigenvalue weighted by molar-refractivity contribution is 6.12. The van der Waals surface area contributed by atoms with E-state index >= 15 is 0 Å². The lowest BCUT2D eigenvalue weighted by Crippen LogP contribution is -1.99. The molecule has 0 bridgehead atoms. The highest BCUT2D eigenvalue weighted by Gasteiger charge is 2.19. The van der Waals surface area contributed by atoms with Crippen LogP contribution in [0.5, 0.6) is 0 Å². The standard InChI is InChI=1S/C42H33N5/c1-24-13-26(3)41(27(4)14-24)31-8-11-38-35(18-31)36-19-32(42-28(5)15-25(2)16-29(42)6)9-12-39(36)47(38)37-10-7-30(17-33(37)20-43)34-22-45-40(21-44)46-23-34/h7-19,22-23H,1-6H3. The smallest absolute Gasteiger partial charge is 0.232 e. The highest BCUT2D eigenvalue weighted by atomic mass is 15.0. The maximum atomic E-state index is 10.4. The van der Waals surface area contributed by atoms with Crippen LogP contribution in [-0.2, 0) is 0 Å². The summed E-state index contributed by atoms with van der Waals surface area (Å²) in [6.45, 7) is 13.0. The summed E-state index contributed by atoms with van der Waals surface area (Å²) >= 11 is 0. The van der Waals surface area contributed by atoms with E-state index in [-0.39, 0.29) is 5.82 Å². The highest BCUT2D eigenvalue weighted by Crippen LogP contribution is 2.40. The number of benzene rings is 5. The lowest BCUT2D eigenvalue weighted by atomic mass is 9.91. The molecule has 0 spiro atoms. The number of nitriles is 2. The monoisotopic (exact) mass is 607 g/mol. The van der Waals surface area contributed by atoms with Gasteiger partial charge in [0, 0.05) is 28.7 Å². The second kappa shape index (κ2) is 11.4. The minimum Gasteiger partial charge on any atom is -0.308 e. The number of aryl methyl sites for hydroxylation is 6. The number of fused-ring (bicyclic) bond motifs is 3. The fraction of sp³-hybridized carbons (Fsp3) is 0.143. The van der Waals surface area contributed by atoms with Gasteiger partial charge in [0.2, 0.25) is 5.82 Å². The van der Waals surface area contributed by atoms with Crippen LogP contribution in [0.1, 0.15) is 44.8 Å². The summed E-state index contributed by atoms with van der Waals surface area (Å²) in [4.78, 5) is 8.25. The van der Waals surface area contributed by atoms with Gasteiger partial charge in [-0.1, -0.05) is 53.6 Å². The Labute approximate surface area is 275 Å². The maximum Gasteiger partial charge on any atom is 0.232 e. The minimum absolute atomic E-state index is 0.113. The van der Waals surface area contributed by atoms with Crippen LogP contribution in [-0.4, -0.2) is 14.5 Å². The molecule has 0 aliphatic rings. The zero-order valence-corrected chi connectivity index (χ0v) is 27.4. The zero-order valence-electron chi connectivity index (χ0n) is 27.4. The molecule has 0 fully saturated rings. The molecule has 0 saturated heterocycles. The average Bonchev–Trinajstić information content (AvgIpc) is 3.36. The molecule has 5 heteroatoms. The lowest BCUT2D eigenvalue weighted by molar-refractivity contribution is 1.11. The van der Waals surface area contributed by atoms with E-state index in [1.165, 1.54) is 55.6 Å². The third-order valence-electron chi connectivity index (χ3n) is 9.14. The number of aromatic nitrogens is 3. The Bertz CT molecular complexity index is 2320. The fourth-order valence-electron chi connectivity index (χ4n) is 7.40. The van der Waals surface area contributed by atoms with E-state index in [1.54, 1.807) is 12.4 Å². The Morgan fingerprint density at radius 1 is 0.511 bits per heavy atom. The Kier molecular flexibility index (Phi) is 7.19. The summed E-state index contributed by atoms with van der Waals surface area (Å²) in [7, 11) is 0. The van der Waals surface area contributed by atoms with Crippen molar-refractivity contribution in [3.63, 3.8) is 0 Å². The second-order valence-corrected chi connectivity index (χ2v) is 12.6. The van der Waals surface area contributed by atoms with E-state index in [9.17, 15) is 5.26 Å². The molecule has 7 rings (SSSR count). The van der Waals surface area contributed by atoms with Gasteiger partial charge in [0.1, 0.15) is 12.1 Å². The Morgan fingerprint density at radius 2 is 0.979 bits per heavy atom. The topological polar surface area (TPSA) is 78.3 Å². The number of rotatable bonds is 4. The van der Waals surface area contributed by atoms with E-state index in [2.05, 4.69) is 123 Å². The van der Waals surface area contributed by atoms with Crippen molar-refractivity contribution in [2.45, 2.75) is 41.5 Å². The van der Waals surface area contributed by atoms with Crippen molar-refractivity contribution >= 4 is 21.8 Å². The molecule has 0 N–H and O–H groups in total. The first-order chi connectivity index (χ1) is 22.7. The summed E-state index contributed by atoms with van der Waals surface area (Å²) in [5, 5.41) is 21.8. The summed E-state index contributed by atoms with van der Waals surface area (Å²) in [5.74, 6) is 0.113. The van der Waals surface area contributed by atoms with Gasteiger partial charge in [0.25, 0.3) is 0 Å². The van der Waals surface area contributed by atoms with Gasteiger partial charge >= 0.3 is 0 Å². The molecule has 0 radical (unpaired) electrons. The lowest BCUT2D eigenvalue weighted by Gasteiger charge is -2.14. The summed E-state index contributed by atoms with van der Waals surface area (Å²) < 4.78 is 2.21. The van der Waals surface area contributed by atoms with Crippen LogP contribution in [0.15, 0.2) is 91.3 Å². The average molecular weight is 608 g/mol. The first kappa shape index (κ1) is 29.7. The van der Waals surface area contributed by atoms with Crippen LogP contribution >= 0.6 is 0 Å². The molecule has 47 heavy (non-hydrogen) atoms. The van der Waals surface area contributed by atoms with Crippen LogP contribution < -0.4 is 0 Å². The Balaban J connectivity index is 1.50. The quantitative estimate of drug-likeness (QED) is 0.199. The summed E-state index contributed by atoms with van der Waals surface area (Å²) in [5.41, 5.74) is 17.4. The van der Waals surface area contributed by atoms with Crippen molar-refractivity contribution in [3.8, 4) is 51.2 Å². The zero-order chi connectivity index (χ0) is 33.0. The third-order valence-corrected chi connectivity index (χ3v) is 9.14. The van der Waals surface area contributed by atoms with Crippen LogP contribution in [0.3, 0.4) is 0 Å². The van der Waals surface area contributed by atoms with Crippen molar-refractivity contribution in [1.82, 2.24) is 14.5 Å². The van der Waals surface area contributed by atoms with Crippen molar-refractivity contribution in [3.05, 3.63) is 136 Å². The molecule has 0 unspecified atom stereocenters. The van der Waals surface area contributed by atoms with Crippen molar-refractivity contribution in [1.29, 1.82) is 10.5 Å². The van der Waals surface area contributed by atoms with Crippen LogP contribution in [0.25, 0.3) is 60.9 Å². The molecule has 0 aliphatic heterocycles. The number of hydrogen-bond acceptors (Lipinski definition) is 4. The molecule has 5 aromatic carbocycles. The molecule has 7 aromatic rings. The minimum atomic E-state index is 0.113. The van der Waals surface area contributed by atoms with Gasteiger partial charge in [0.15, 0.2) is 0 Å². The molecule has 0 saturated carbocycles. The van der Waals surface area contributed by atoms with E-state index in [0.717, 1.165) is 38.6 Å². The molecule has 0 amide bonds. The van der Waals surface area contributed by atoms with Crippen molar-refractivity contribution < 1.29 is 0 Å². The number of nitrogens with zero attached hydrogens (tertiary/aromatic N) is 5. The first-order valence-corrected chi connectivity index (χ1v) is 15.7. The SMILES string of the molecule is Cc1cc(C)c(-c2ccc3c(c2)c2cc(-c4c(C)cc(C)cc4C)ccc2n3-c2ccc(-c3cnc(C#N)nc3)cc2C#N)c(C)c1. The predicted octanol–water partition coefficient (Wildman–Crippen LogP) is 10.2. The molecular formula is C42H33N5. The molecule has 226 valence electrons. The van der Waals surface area contributed by atoms with E-state index in [1.807, 2.05) is 24.3 Å². The maximum absolute atomic E-state index is 10.4. The molecule has 2 aromatic heterocycles.